The highest BCUT2D eigenvalue weighted by Gasteiger charge is 2.18. The minimum atomic E-state index is -2.52. The Balaban J connectivity index is 2.08. The number of anilines is 2. The maximum Gasteiger partial charge on any atom is 0.224 e. The standard InChI is InChI=1S/C18H16BrClN3OP/c1-25(2,24)16-10-13(12-6-4-3-5-7-12)8-9-15(16)22-17-14(19)11-21-18(20)23-17/h3-11H,1-2H3,(H,21,22,23). The summed E-state index contributed by atoms with van der Waals surface area (Å²) in [5.41, 5.74) is 2.84. The fraction of sp³-hybridized carbons (Fsp3) is 0.111. The molecule has 0 aliphatic heterocycles. The molecule has 0 amide bonds. The molecule has 0 aliphatic carbocycles. The first-order chi connectivity index (χ1) is 11.8. The van der Waals surface area contributed by atoms with Gasteiger partial charge in [-0.15, -0.1) is 0 Å². The molecule has 128 valence electrons. The van der Waals surface area contributed by atoms with E-state index in [0.717, 1.165) is 22.1 Å². The minimum Gasteiger partial charge on any atom is -0.339 e. The Bertz CT molecular complexity index is 960. The van der Waals surface area contributed by atoms with Crippen LogP contribution in [0.4, 0.5) is 11.5 Å². The summed E-state index contributed by atoms with van der Waals surface area (Å²) >= 11 is 9.28. The van der Waals surface area contributed by atoms with E-state index < -0.39 is 7.14 Å². The second-order valence-corrected chi connectivity index (χ2v) is 10.3. The van der Waals surface area contributed by atoms with E-state index in [0.29, 0.717) is 10.3 Å². The van der Waals surface area contributed by atoms with Gasteiger partial charge in [-0.3, -0.25) is 0 Å². The lowest BCUT2D eigenvalue weighted by molar-refractivity contribution is 0.588. The number of hydrogen-bond acceptors (Lipinski definition) is 4. The smallest absolute Gasteiger partial charge is 0.224 e. The number of halogens is 2. The molecule has 0 radical (unpaired) electrons. The third-order valence-electron chi connectivity index (χ3n) is 3.65. The van der Waals surface area contributed by atoms with Gasteiger partial charge in [0.1, 0.15) is 13.0 Å². The number of nitrogens with one attached hydrogen (secondary N) is 1. The lowest BCUT2D eigenvalue weighted by Gasteiger charge is -2.17. The molecular formula is C18H16BrClN3OP. The van der Waals surface area contributed by atoms with Crippen LogP contribution in [0.2, 0.25) is 5.28 Å². The number of rotatable bonds is 4. The van der Waals surface area contributed by atoms with Gasteiger partial charge in [0.25, 0.3) is 0 Å². The van der Waals surface area contributed by atoms with Gasteiger partial charge < -0.3 is 9.88 Å². The molecule has 3 rings (SSSR count). The van der Waals surface area contributed by atoms with Gasteiger partial charge in [0.2, 0.25) is 5.28 Å². The van der Waals surface area contributed by atoms with Gasteiger partial charge in [0, 0.05) is 11.5 Å². The van der Waals surface area contributed by atoms with E-state index in [1.54, 1.807) is 19.5 Å². The quantitative estimate of drug-likeness (QED) is 0.430. The largest absolute Gasteiger partial charge is 0.339 e. The number of aromatic nitrogens is 2. The van der Waals surface area contributed by atoms with Crippen molar-refractivity contribution in [2.45, 2.75) is 0 Å². The topological polar surface area (TPSA) is 54.9 Å². The van der Waals surface area contributed by atoms with Crippen molar-refractivity contribution in [2.75, 3.05) is 18.6 Å². The van der Waals surface area contributed by atoms with E-state index >= 15 is 0 Å². The molecule has 0 saturated carbocycles. The number of hydrogen-bond donors (Lipinski definition) is 1. The maximum atomic E-state index is 12.9. The van der Waals surface area contributed by atoms with Crippen molar-refractivity contribution in [1.29, 1.82) is 0 Å². The predicted octanol–water partition coefficient (Wildman–Crippen LogP) is 5.55. The minimum absolute atomic E-state index is 0.143. The van der Waals surface area contributed by atoms with Crippen LogP contribution in [0.15, 0.2) is 59.2 Å². The molecule has 1 aromatic heterocycles. The summed E-state index contributed by atoms with van der Waals surface area (Å²) in [5.74, 6) is 0.530. The first-order valence-electron chi connectivity index (χ1n) is 7.54. The lowest BCUT2D eigenvalue weighted by Crippen LogP contribution is -2.11. The zero-order valence-electron chi connectivity index (χ0n) is 13.7. The second kappa shape index (κ2) is 7.28. The van der Waals surface area contributed by atoms with Crippen LogP contribution in [0.25, 0.3) is 11.1 Å². The highest BCUT2D eigenvalue weighted by Crippen LogP contribution is 2.40. The Hall–Kier alpha value is -1.68. The van der Waals surface area contributed by atoms with Gasteiger partial charge >= 0.3 is 0 Å². The van der Waals surface area contributed by atoms with Gasteiger partial charge in [-0.2, -0.15) is 4.98 Å². The van der Waals surface area contributed by atoms with Crippen molar-refractivity contribution < 1.29 is 4.57 Å². The summed E-state index contributed by atoms with van der Waals surface area (Å²) in [6.07, 6.45) is 1.58. The molecule has 0 aliphatic rings. The van der Waals surface area contributed by atoms with E-state index in [-0.39, 0.29) is 5.28 Å². The van der Waals surface area contributed by atoms with Crippen LogP contribution in [-0.2, 0) is 4.57 Å². The first-order valence-corrected chi connectivity index (χ1v) is 11.3. The molecule has 1 heterocycles. The van der Waals surface area contributed by atoms with E-state index in [4.69, 9.17) is 11.6 Å². The Morgan fingerprint density at radius 1 is 1.08 bits per heavy atom. The summed E-state index contributed by atoms with van der Waals surface area (Å²) in [6, 6.07) is 15.9. The third kappa shape index (κ3) is 4.30. The van der Waals surface area contributed by atoms with Crippen LogP contribution in [-0.4, -0.2) is 23.3 Å². The predicted molar refractivity (Wildman–Crippen MR) is 109 cm³/mol. The molecule has 0 atom stereocenters. The van der Waals surface area contributed by atoms with E-state index in [1.165, 1.54) is 0 Å². The molecule has 1 N–H and O–H groups in total. The van der Waals surface area contributed by atoms with Crippen molar-refractivity contribution in [3.63, 3.8) is 0 Å². The van der Waals surface area contributed by atoms with E-state index in [1.807, 2.05) is 48.5 Å². The molecule has 0 fully saturated rings. The Labute approximate surface area is 160 Å². The fourth-order valence-electron chi connectivity index (χ4n) is 2.45. The molecule has 2 aromatic carbocycles. The van der Waals surface area contributed by atoms with Gasteiger partial charge in [-0.05, 0) is 64.1 Å². The van der Waals surface area contributed by atoms with Crippen LogP contribution < -0.4 is 10.6 Å². The second-order valence-electron chi connectivity index (χ2n) is 5.91. The summed E-state index contributed by atoms with van der Waals surface area (Å²) in [6.45, 7) is 3.51. The zero-order chi connectivity index (χ0) is 18.0. The molecule has 7 heteroatoms. The highest BCUT2D eigenvalue weighted by atomic mass is 79.9. The highest BCUT2D eigenvalue weighted by molar-refractivity contribution is 9.10. The number of benzene rings is 2. The Kier molecular flexibility index (Phi) is 5.28. The van der Waals surface area contributed by atoms with Crippen molar-refractivity contribution in [1.82, 2.24) is 9.97 Å². The van der Waals surface area contributed by atoms with Crippen molar-refractivity contribution in [2.24, 2.45) is 0 Å². The molecule has 3 aromatic rings. The number of nitrogens with zero attached hydrogens (tertiary/aromatic N) is 2. The summed E-state index contributed by atoms with van der Waals surface area (Å²) < 4.78 is 13.5. The molecule has 0 saturated heterocycles. The fourth-order valence-corrected chi connectivity index (χ4v) is 4.04. The van der Waals surface area contributed by atoms with Crippen LogP contribution in [0, 0.1) is 0 Å². The molecule has 0 unspecified atom stereocenters. The normalized spacial score (nSPS) is 11.4. The summed E-state index contributed by atoms with van der Waals surface area (Å²) in [4.78, 5) is 8.10. The van der Waals surface area contributed by atoms with Gasteiger partial charge in [0.15, 0.2) is 0 Å². The third-order valence-corrected chi connectivity index (χ3v) is 5.95. The first kappa shape index (κ1) is 18.1. The van der Waals surface area contributed by atoms with Crippen LogP contribution in [0.1, 0.15) is 0 Å². The maximum absolute atomic E-state index is 12.9. The molecule has 4 nitrogen and oxygen atoms in total. The van der Waals surface area contributed by atoms with Gasteiger partial charge in [0.05, 0.1) is 10.2 Å². The van der Waals surface area contributed by atoms with Gasteiger partial charge in [-0.25, -0.2) is 4.98 Å². The lowest BCUT2D eigenvalue weighted by atomic mass is 10.1. The Morgan fingerprint density at radius 3 is 2.48 bits per heavy atom. The molecule has 0 spiro atoms. The molecule has 0 bridgehead atoms. The van der Waals surface area contributed by atoms with Crippen molar-refractivity contribution in [3.05, 3.63) is 64.5 Å². The molecular weight excluding hydrogens is 421 g/mol. The monoisotopic (exact) mass is 435 g/mol. The van der Waals surface area contributed by atoms with Gasteiger partial charge in [-0.1, -0.05) is 36.4 Å². The van der Waals surface area contributed by atoms with Crippen LogP contribution >= 0.6 is 34.7 Å². The van der Waals surface area contributed by atoms with Crippen LogP contribution in [0.5, 0.6) is 0 Å². The Morgan fingerprint density at radius 2 is 1.80 bits per heavy atom. The SMILES string of the molecule is CP(C)(=O)c1cc(-c2ccccc2)ccc1Nc1nc(Cl)ncc1Br. The van der Waals surface area contributed by atoms with Crippen LogP contribution in [0.3, 0.4) is 0 Å². The molecule has 25 heavy (non-hydrogen) atoms. The van der Waals surface area contributed by atoms with Crippen molar-refractivity contribution in [3.8, 4) is 11.1 Å². The average molecular weight is 437 g/mol. The average Bonchev–Trinajstić information content (AvgIpc) is 2.58. The van der Waals surface area contributed by atoms with E-state index in [9.17, 15) is 4.57 Å². The zero-order valence-corrected chi connectivity index (χ0v) is 16.9. The summed E-state index contributed by atoms with van der Waals surface area (Å²) in [7, 11) is -2.52. The summed E-state index contributed by atoms with van der Waals surface area (Å²) in [5, 5.41) is 4.11. The van der Waals surface area contributed by atoms with E-state index in [2.05, 4.69) is 31.2 Å². The van der Waals surface area contributed by atoms with Crippen molar-refractivity contribution >= 4 is 51.5 Å².